The van der Waals surface area contributed by atoms with Gasteiger partial charge in [0, 0.05) is 15.6 Å². The molecular weight excluding hydrogens is 220 g/mol. The molecule has 0 saturated carbocycles. The van der Waals surface area contributed by atoms with Gasteiger partial charge in [-0.2, -0.15) is 0 Å². The van der Waals surface area contributed by atoms with Crippen molar-refractivity contribution in [2.75, 3.05) is 5.73 Å². The van der Waals surface area contributed by atoms with E-state index < -0.39 is 0 Å². The Hall–Kier alpha value is -0.870. The number of nitrogens with two attached hydrogens (primary N) is 2. The number of rotatable bonds is 3. The molecule has 5 heteroatoms. The van der Waals surface area contributed by atoms with Crippen molar-refractivity contribution in [3.8, 4) is 0 Å². The quantitative estimate of drug-likeness (QED) is 0.616. The minimum absolute atomic E-state index is 0.293. The van der Waals surface area contributed by atoms with Crippen LogP contribution in [0, 0.1) is 0 Å². The molecule has 3 nitrogen and oxygen atoms in total. The first kappa shape index (κ1) is 11.2. The van der Waals surface area contributed by atoms with Crippen LogP contribution in [0.25, 0.3) is 0 Å². The van der Waals surface area contributed by atoms with Gasteiger partial charge in [0.05, 0.1) is 5.25 Å². The van der Waals surface area contributed by atoms with Gasteiger partial charge in [-0.15, -0.1) is 11.8 Å². The van der Waals surface area contributed by atoms with Gasteiger partial charge in [0.1, 0.15) is 0 Å². The van der Waals surface area contributed by atoms with Crippen molar-refractivity contribution in [3.63, 3.8) is 0 Å². The first-order valence-electron chi connectivity index (χ1n) is 4.01. The Morgan fingerprint density at radius 3 is 2.71 bits per heavy atom. The van der Waals surface area contributed by atoms with Crippen LogP contribution in [0.2, 0.25) is 5.02 Å². The van der Waals surface area contributed by atoms with Crippen molar-refractivity contribution in [3.05, 3.63) is 23.2 Å². The molecule has 0 aromatic heterocycles. The third-order valence-electron chi connectivity index (χ3n) is 1.68. The van der Waals surface area contributed by atoms with E-state index in [1.165, 1.54) is 11.8 Å². The van der Waals surface area contributed by atoms with Crippen LogP contribution in [0.15, 0.2) is 23.1 Å². The Labute approximate surface area is 91.8 Å². The monoisotopic (exact) mass is 230 g/mol. The van der Waals surface area contributed by atoms with Crippen molar-refractivity contribution < 1.29 is 4.79 Å². The SMILES string of the molecule is CC(Sc1ccc(Cl)cc1N)C(N)=O. The summed E-state index contributed by atoms with van der Waals surface area (Å²) in [6, 6.07) is 5.16. The Morgan fingerprint density at radius 1 is 1.57 bits per heavy atom. The summed E-state index contributed by atoms with van der Waals surface area (Å²) in [6.07, 6.45) is 0. The number of amides is 1. The number of primary amides is 1. The molecule has 14 heavy (non-hydrogen) atoms. The van der Waals surface area contributed by atoms with Crippen LogP contribution in [0.3, 0.4) is 0 Å². The largest absolute Gasteiger partial charge is 0.398 e. The van der Waals surface area contributed by atoms with Crippen LogP contribution in [0.5, 0.6) is 0 Å². The number of carbonyl (C=O) groups excluding carboxylic acids is 1. The molecule has 1 aromatic carbocycles. The second kappa shape index (κ2) is 4.57. The fourth-order valence-corrected chi connectivity index (χ4v) is 1.89. The predicted octanol–water partition coefficient (Wildman–Crippen LogP) is 1.89. The molecule has 0 aliphatic rings. The van der Waals surface area contributed by atoms with E-state index in [1.54, 1.807) is 25.1 Å². The average molecular weight is 231 g/mol. The van der Waals surface area contributed by atoms with E-state index in [1.807, 2.05) is 0 Å². The van der Waals surface area contributed by atoms with Crippen LogP contribution in [-0.2, 0) is 4.79 Å². The normalized spacial score (nSPS) is 12.4. The molecule has 1 atom stereocenters. The van der Waals surface area contributed by atoms with Gasteiger partial charge < -0.3 is 11.5 Å². The lowest BCUT2D eigenvalue weighted by molar-refractivity contribution is -0.117. The molecule has 0 spiro atoms. The standard InChI is InChI=1S/C9H11ClN2OS/c1-5(9(12)13)14-8-3-2-6(10)4-7(8)11/h2-5H,11H2,1H3,(H2,12,13). The number of benzene rings is 1. The highest BCUT2D eigenvalue weighted by molar-refractivity contribution is 8.00. The fourth-order valence-electron chi connectivity index (χ4n) is 0.875. The molecule has 0 aliphatic carbocycles. The van der Waals surface area contributed by atoms with E-state index >= 15 is 0 Å². The average Bonchev–Trinajstić information content (AvgIpc) is 2.09. The molecule has 0 aliphatic heterocycles. The molecule has 0 radical (unpaired) electrons. The number of thioether (sulfide) groups is 1. The van der Waals surface area contributed by atoms with Crippen molar-refractivity contribution in [1.29, 1.82) is 0 Å². The third-order valence-corrected chi connectivity index (χ3v) is 3.12. The summed E-state index contributed by atoms with van der Waals surface area (Å²) in [7, 11) is 0. The predicted molar refractivity (Wildman–Crippen MR) is 60.4 cm³/mol. The summed E-state index contributed by atoms with van der Waals surface area (Å²) in [5.41, 5.74) is 11.4. The highest BCUT2D eigenvalue weighted by Crippen LogP contribution is 2.30. The van der Waals surface area contributed by atoms with Gasteiger partial charge in [-0.1, -0.05) is 11.6 Å². The summed E-state index contributed by atoms with van der Waals surface area (Å²) in [5, 5.41) is 0.289. The lowest BCUT2D eigenvalue weighted by Crippen LogP contribution is -2.22. The van der Waals surface area contributed by atoms with Crippen molar-refractivity contribution in [1.82, 2.24) is 0 Å². The number of halogens is 1. The zero-order valence-corrected chi connectivity index (χ0v) is 9.23. The third kappa shape index (κ3) is 2.82. The first-order valence-corrected chi connectivity index (χ1v) is 5.27. The molecule has 0 fully saturated rings. The molecule has 1 aromatic rings. The Balaban J connectivity index is 2.82. The lowest BCUT2D eigenvalue weighted by Gasteiger charge is -2.09. The molecule has 4 N–H and O–H groups in total. The van der Waals surface area contributed by atoms with Crippen LogP contribution in [0.1, 0.15) is 6.92 Å². The molecule has 0 bridgehead atoms. The molecule has 1 amide bonds. The highest BCUT2D eigenvalue weighted by Gasteiger charge is 2.11. The van der Waals surface area contributed by atoms with E-state index in [-0.39, 0.29) is 11.2 Å². The van der Waals surface area contributed by atoms with Crippen LogP contribution >= 0.6 is 23.4 Å². The van der Waals surface area contributed by atoms with Gasteiger partial charge >= 0.3 is 0 Å². The molecule has 1 unspecified atom stereocenters. The number of carbonyl (C=O) groups is 1. The van der Waals surface area contributed by atoms with Gasteiger partial charge in [0.25, 0.3) is 0 Å². The van der Waals surface area contributed by atoms with E-state index in [4.69, 9.17) is 23.1 Å². The summed E-state index contributed by atoms with van der Waals surface area (Å²) in [6.45, 7) is 1.74. The number of anilines is 1. The zero-order valence-electron chi connectivity index (χ0n) is 7.66. The molecule has 76 valence electrons. The van der Waals surface area contributed by atoms with Gasteiger partial charge in [0.15, 0.2) is 0 Å². The van der Waals surface area contributed by atoms with Gasteiger partial charge in [0.2, 0.25) is 5.91 Å². The minimum Gasteiger partial charge on any atom is -0.398 e. The van der Waals surface area contributed by atoms with E-state index in [0.717, 1.165) is 4.90 Å². The van der Waals surface area contributed by atoms with Gasteiger partial charge in [-0.05, 0) is 25.1 Å². The van der Waals surface area contributed by atoms with Gasteiger partial charge in [-0.25, -0.2) is 0 Å². The number of hydrogen-bond donors (Lipinski definition) is 2. The zero-order chi connectivity index (χ0) is 10.7. The van der Waals surface area contributed by atoms with Crippen LogP contribution < -0.4 is 11.5 Å². The maximum Gasteiger partial charge on any atom is 0.230 e. The topological polar surface area (TPSA) is 69.1 Å². The maximum absolute atomic E-state index is 10.8. The van der Waals surface area contributed by atoms with E-state index in [0.29, 0.717) is 10.7 Å². The second-order valence-corrected chi connectivity index (χ2v) is 4.66. The Morgan fingerprint density at radius 2 is 2.21 bits per heavy atom. The van der Waals surface area contributed by atoms with Crippen molar-refractivity contribution in [2.24, 2.45) is 5.73 Å². The molecule has 1 rings (SSSR count). The molecule has 0 saturated heterocycles. The Kier molecular flexibility index (Phi) is 3.66. The molecule has 0 heterocycles. The van der Waals surface area contributed by atoms with Gasteiger partial charge in [-0.3, -0.25) is 4.79 Å². The van der Waals surface area contributed by atoms with Crippen molar-refractivity contribution >= 4 is 35.0 Å². The van der Waals surface area contributed by atoms with Crippen molar-refractivity contribution in [2.45, 2.75) is 17.1 Å². The Bertz CT molecular complexity index is 357. The van der Waals surface area contributed by atoms with Crippen LogP contribution in [0.4, 0.5) is 5.69 Å². The maximum atomic E-state index is 10.8. The summed E-state index contributed by atoms with van der Waals surface area (Å²) < 4.78 is 0. The highest BCUT2D eigenvalue weighted by atomic mass is 35.5. The summed E-state index contributed by atoms with van der Waals surface area (Å²) in [4.78, 5) is 11.6. The van der Waals surface area contributed by atoms with E-state index in [2.05, 4.69) is 0 Å². The summed E-state index contributed by atoms with van der Waals surface area (Å²) >= 11 is 7.06. The number of hydrogen-bond acceptors (Lipinski definition) is 3. The smallest absolute Gasteiger partial charge is 0.230 e. The second-order valence-electron chi connectivity index (χ2n) is 2.84. The molecular formula is C9H11ClN2OS. The minimum atomic E-state index is -0.357. The van der Waals surface area contributed by atoms with Crippen LogP contribution in [-0.4, -0.2) is 11.2 Å². The lowest BCUT2D eigenvalue weighted by atomic mass is 10.3. The first-order chi connectivity index (χ1) is 6.50. The number of nitrogen functional groups attached to an aromatic ring is 1. The van der Waals surface area contributed by atoms with E-state index in [9.17, 15) is 4.79 Å². The summed E-state index contributed by atoms with van der Waals surface area (Å²) in [5.74, 6) is -0.357. The fraction of sp³-hybridized carbons (Fsp3) is 0.222.